The van der Waals surface area contributed by atoms with Crippen LogP contribution in [-0.4, -0.2) is 28.8 Å². The summed E-state index contributed by atoms with van der Waals surface area (Å²) in [6.45, 7) is 1.48. The van der Waals surface area contributed by atoms with Crippen molar-refractivity contribution in [3.8, 4) is 17.4 Å². The largest absolute Gasteiger partial charge is 0.493 e. The molecule has 1 amide bonds. The number of anilines is 1. The Hall–Kier alpha value is -4.21. The number of hydrogen-bond acceptors (Lipinski definition) is 6. The van der Waals surface area contributed by atoms with Crippen molar-refractivity contribution in [2.45, 2.75) is 19.5 Å². The fraction of sp³-hybridized carbons (Fsp3) is 0.167. The van der Waals surface area contributed by atoms with Crippen molar-refractivity contribution in [3.63, 3.8) is 0 Å². The van der Waals surface area contributed by atoms with Gasteiger partial charge in [0, 0.05) is 12.5 Å². The van der Waals surface area contributed by atoms with Gasteiger partial charge in [0.1, 0.15) is 17.8 Å². The summed E-state index contributed by atoms with van der Waals surface area (Å²) in [6.07, 6.45) is 0.638. The zero-order valence-corrected chi connectivity index (χ0v) is 18.2. The normalized spacial score (nSPS) is 11.3. The second kappa shape index (κ2) is 10.6. The quantitative estimate of drug-likeness (QED) is 0.461. The summed E-state index contributed by atoms with van der Waals surface area (Å²) < 4.78 is 49.7. The van der Waals surface area contributed by atoms with E-state index in [4.69, 9.17) is 9.47 Å². The lowest BCUT2D eigenvalue weighted by atomic mass is 10.1. The number of alkyl halides is 3. The lowest BCUT2D eigenvalue weighted by Gasteiger charge is -2.13. The molecule has 0 fully saturated rings. The summed E-state index contributed by atoms with van der Waals surface area (Å²) >= 11 is 0. The van der Waals surface area contributed by atoms with Crippen LogP contribution in [0.5, 0.6) is 17.4 Å². The minimum atomic E-state index is -4.48. The highest BCUT2D eigenvalue weighted by molar-refractivity contribution is 6.02. The average molecular weight is 471 g/mol. The standard InChI is InChI=1S/C24H20F3N3O4/c1-15(31)10-17-6-8-20(21(12-17)33-2)34-23-19(13-28-14-29-23)30-22(32)9-7-16-4-3-5-18(11-16)24(25,26)27/h3-9,11-14H,10H2,1-2H3,(H,30,32)/b9-7+. The summed E-state index contributed by atoms with van der Waals surface area (Å²) in [4.78, 5) is 31.6. The number of hydrogen-bond donors (Lipinski definition) is 1. The number of rotatable bonds is 8. The zero-order valence-electron chi connectivity index (χ0n) is 18.2. The van der Waals surface area contributed by atoms with Gasteiger partial charge in [0.15, 0.2) is 11.5 Å². The number of benzene rings is 2. The number of ketones is 1. The number of carbonyl (C=O) groups is 2. The van der Waals surface area contributed by atoms with Crippen LogP contribution in [0.25, 0.3) is 6.08 Å². The van der Waals surface area contributed by atoms with Crippen molar-refractivity contribution >= 4 is 23.5 Å². The molecule has 0 bridgehead atoms. The number of Topliss-reactive ketones (excluding diaryl/α,β-unsaturated/α-hetero) is 1. The molecule has 2 aromatic carbocycles. The lowest BCUT2D eigenvalue weighted by molar-refractivity contribution is -0.137. The first-order valence-corrected chi connectivity index (χ1v) is 9.96. The Labute approximate surface area is 193 Å². The number of nitrogens with zero attached hydrogens (tertiary/aromatic N) is 2. The van der Waals surface area contributed by atoms with Crippen LogP contribution in [0, 0.1) is 0 Å². The average Bonchev–Trinajstić information content (AvgIpc) is 2.79. The van der Waals surface area contributed by atoms with Gasteiger partial charge in [-0.05, 0) is 48.4 Å². The van der Waals surface area contributed by atoms with E-state index in [0.29, 0.717) is 11.5 Å². The van der Waals surface area contributed by atoms with E-state index in [2.05, 4.69) is 15.3 Å². The van der Waals surface area contributed by atoms with Crippen LogP contribution in [-0.2, 0) is 22.2 Å². The van der Waals surface area contributed by atoms with Gasteiger partial charge >= 0.3 is 6.18 Å². The van der Waals surface area contributed by atoms with Crippen LogP contribution in [0.15, 0.2) is 61.1 Å². The number of halogens is 3. The third-order valence-corrected chi connectivity index (χ3v) is 4.46. The molecule has 0 aliphatic carbocycles. The molecule has 1 heterocycles. The van der Waals surface area contributed by atoms with Gasteiger partial charge in [0.05, 0.1) is 18.9 Å². The second-order valence-corrected chi connectivity index (χ2v) is 7.15. The van der Waals surface area contributed by atoms with E-state index in [0.717, 1.165) is 23.8 Å². The van der Waals surface area contributed by atoms with Crippen LogP contribution < -0.4 is 14.8 Å². The first-order chi connectivity index (χ1) is 16.2. The molecule has 0 spiro atoms. The SMILES string of the molecule is COc1cc(CC(C)=O)ccc1Oc1ncncc1NC(=O)/C=C/c1cccc(C(F)(F)F)c1. The lowest BCUT2D eigenvalue weighted by Crippen LogP contribution is -2.10. The van der Waals surface area contributed by atoms with Crippen molar-refractivity contribution in [2.24, 2.45) is 0 Å². The van der Waals surface area contributed by atoms with E-state index >= 15 is 0 Å². The summed E-state index contributed by atoms with van der Waals surface area (Å²) in [7, 11) is 1.45. The van der Waals surface area contributed by atoms with E-state index < -0.39 is 17.6 Å². The van der Waals surface area contributed by atoms with E-state index in [-0.39, 0.29) is 29.3 Å². The molecule has 0 radical (unpaired) electrons. The van der Waals surface area contributed by atoms with E-state index in [9.17, 15) is 22.8 Å². The number of amides is 1. The van der Waals surface area contributed by atoms with Crippen LogP contribution >= 0.6 is 0 Å². The fourth-order valence-electron chi connectivity index (χ4n) is 2.95. The van der Waals surface area contributed by atoms with Gasteiger partial charge < -0.3 is 14.8 Å². The molecular formula is C24H20F3N3O4. The molecule has 7 nitrogen and oxygen atoms in total. The molecule has 3 aromatic rings. The molecule has 0 unspecified atom stereocenters. The first kappa shape index (κ1) is 24.4. The molecule has 1 aromatic heterocycles. The molecule has 176 valence electrons. The van der Waals surface area contributed by atoms with Gasteiger partial charge in [-0.1, -0.05) is 18.2 Å². The van der Waals surface area contributed by atoms with Crippen molar-refractivity contribution in [1.82, 2.24) is 9.97 Å². The number of aromatic nitrogens is 2. The maximum atomic E-state index is 12.9. The monoisotopic (exact) mass is 471 g/mol. The smallest absolute Gasteiger partial charge is 0.416 e. The van der Waals surface area contributed by atoms with Crippen molar-refractivity contribution in [2.75, 3.05) is 12.4 Å². The Kier molecular flexibility index (Phi) is 7.62. The van der Waals surface area contributed by atoms with Crippen LogP contribution in [0.1, 0.15) is 23.6 Å². The van der Waals surface area contributed by atoms with Crippen molar-refractivity contribution in [1.29, 1.82) is 0 Å². The third kappa shape index (κ3) is 6.64. The number of nitrogens with one attached hydrogen (secondary N) is 1. The Bertz CT molecular complexity index is 1230. The van der Waals surface area contributed by atoms with E-state index in [1.165, 1.54) is 44.8 Å². The predicted octanol–water partition coefficient (Wildman–Crippen LogP) is 5.08. The van der Waals surface area contributed by atoms with Gasteiger partial charge in [-0.2, -0.15) is 18.2 Å². The Morgan fingerprint density at radius 2 is 1.91 bits per heavy atom. The molecule has 34 heavy (non-hydrogen) atoms. The molecular weight excluding hydrogens is 451 g/mol. The topological polar surface area (TPSA) is 90.4 Å². The van der Waals surface area contributed by atoms with Crippen molar-refractivity contribution < 1.29 is 32.2 Å². The van der Waals surface area contributed by atoms with Gasteiger partial charge in [-0.15, -0.1) is 0 Å². The molecule has 0 aliphatic rings. The molecule has 0 saturated heterocycles. The van der Waals surface area contributed by atoms with Crippen molar-refractivity contribution in [3.05, 3.63) is 77.8 Å². The Morgan fingerprint density at radius 3 is 2.62 bits per heavy atom. The zero-order chi connectivity index (χ0) is 24.7. The Balaban J connectivity index is 1.75. The van der Waals surface area contributed by atoms with Gasteiger partial charge in [0.2, 0.25) is 11.8 Å². The first-order valence-electron chi connectivity index (χ1n) is 9.96. The third-order valence-electron chi connectivity index (χ3n) is 4.46. The molecule has 1 N–H and O–H groups in total. The summed E-state index contributed by atoms with van der Waals surface area (Å²) in [5.41, 5.74) is 0.273. The van der Waals surface area contributed by atoms with E-state index in [1.54, 1.807) is 18.2 Å². The van der Waals surface area contributed by atoms with Crippen LogP contribution in [0.2, 0.25) is 0 Å². The Morgan fingerprint density at radius 1 is 1.12 bits per heavy atom. The number of carbonyl (C=O) groups excluding carboxylic acids is 2. The van der Waals surface area contributed by atoms with Crippen LogP contribution in [0.4, 0.5) is 18.9 Å². The number of ether oxygens (including phenoxy) is 2. The molecule has 0 saturated carbocycles. The summed E-state index contributed by atoms with van der Waals surface area (Å²) in [5.74, 6) is 0.0477. The van der Waals surface area contributed by atoms with Crippen LogP contribution in [0.3, 0.4) is 0 Å². The van der Waals surface area contributed by atoms with Gasteiger partial charge in [0.25, 0.3) is 0 Å². The summed E-state index contributed by atoms with van der Waals surface area (Å²) in [5, 5.41) is 2.54. The predicted molar refractivity (Wildman–Crippen MR) is 119 cm³/mol. The maximum absolute atomic E-state index is 12.9. The molecule has 0 aliphatic heterocycles. The molecule has 10 heteroatoms. The van der Waals surface area contributed by atoms with E-state index in [1.807, 2.05) is 0 Å². The maximum Gasteiger partial charge on any atom is 0.416 e. The molecule has 3 rings (SSSR count). The highest BCUT2D eigenvalue weighted by Crippen LogP contribution is 2.34. The fourth-order valence-corrected chi connectivity index (χ4v) is 2.95. The highest BCUT2D eigenvalue weighted by atomic mass is 19.4. The minimum Gasteiger partial charge on any atom is -0.493 e. The van der Waals surface area contributed by atoms with Gasteiger partial charge in [-0.3, -0.25) is 9.59 Å². The second-order valence-electron chi connectivity index (χ2n) is 7.15. The number of methoxy groups -OCH3 is 1. The minimum absolute atomic E-state index is 0.00490. The molecule has 0 atom stereocenters. The summed E-state index contributed by atoms with van der Waals surface area (Å²) in [6, 6.07) is 9.56. The van der Waals surface area contributed by atoms with Gasteiger partial charge in [-0.25, -0.2) is 4.98 Å². The highest BCUT2D eigenvalue weighted by Gasteiger charge is 2.30.